The van der Waals surface area contributed by atoms with Gasteiger partial charge in [-0.3, -0.25) is 9.59 Å². The summed E-state index contributed by atoms with van der Waals surface area (Å²) in [5.41, 5.74) is 0.868. The Bertz CT molecular complexity index is 671. The van der Waals surface area contributed by atoms with Gasteiger partial charge in [0.05, 0.1) is 21.0 Å². The van der Waals surface area contributed by atoms with E-state index in [4.69, 9.17) is 23.2 Å². The Labute approximate surface area is 143 Å². The largest absolute Gasteiger partial charge is 0.350 e. The number of rotatable bonds is 6. The molecule has 0 radical (unpaired) electrons. The quantitative estimate of drug-likeness (QED) is 0.749. The Morgan fingerprint density at radius 1 is 1.18 bits per heavy atom. The second-order valence-corrected chi connectivity index (χ2v) is 6.63. The van der Waals surface area contributed by atoms with E-state index in [1.54, 1.807) is 18.2 Å². The molecule has 0 fully saturated rings. The molecule has 2 aromatic rings. The summed E-state index contributed by atoms with van der Waals surface area (Å²) in [4.78, 5) is 24.5. The predicted octanol–water partition coefficient (Wildman–Crippen LogP) is 4.90. The molecule has 0 aliphatic heterocycles. The zero-order valence-electron chi connectivity index (χ0n) is 11.9. The average Bonchev–Trinajstić information content (AvgIpc) is 3.02. The topological polar surface area (TPSA) is 46.2 Å². The summed E-state index contributed by atoms with van der Waals surface area (Å²) in [5.74, 6) is -0.171. The highest BCUT2D eigenvalue weighted by atomic mass is 35.5. The van der Waals surface area contributed by atoms with Crippen LogP contribution in [0.3, 0.4) is 0 Å². The number of hydrogen-bond donors (Lipinski definition) is 1. The van der Waals surface area contributed by atoms with E-state index in [1.807, 2.05) is 24.4 Å². The summed E-state index contributed by atoms with van der Waals surface area (Å²) in [7, 11) is 0. The van der Waals surface area contributed by atoms with E-state index in [2.05, 4.69) is 5.32 Å². The zero-order valence-corrected chi connectivity index (χ0v) is 14.3. The Hall–Kier alpha value is -1.36. The molecule has 22 heavy (non-hydrogen) atoms. The number of Topliss-reactive ketones (excluding diaryl/α,β-unsaturated/α-hetero) is 1. The van der Waals surface area contributed by atoms with Crippen molar-refractivity contribution in [3.8, 4) is 0 Å². The van der Waals surface area contributed by atoms with Crippen molar-refractivity contribution in [2.75, 3.05) is 0 Å². The summed E-state index contributed by atoms with van der Waals surface area (Å²) in [5, 5.41) is 5.63. The summed E-state index contributed by atoms with van der Waals surface area (Å²) >= 11 is 13.2. The smallest absolute Gasteiger partial charge is 0.220 e. The Balaban J connectivity index is 1.86. The van der Waals surface area contributed by atoms with Crippen LogP contribution in [0.1, 0.15) is 41.0 Å². The van der Waals surface area contributed by atoms with Crippen molar-refractivity contribution in [1.29, 1.82) is 0 Å². The lowest BCUT2D eigenvalue weighted by Gasteiger charge is -2.14. The fourth-order valence-electron chi connectivity index (χ4n) is 1.97. The average molecular weight is 356 g/mol. The molecule has 1 atom stereocenters. The first-order chi connectivity index (χ1) is 10.5. The highest BCUT2D eigenvalue weighted by Crippen LogP contribution is 2.25. The first kappa shape index (κ1) is 17.0. The van der Waals surface area contributed by atoms with Crippen LogP contribution in [-0.2, 0) is 4.79 Å². The maximum absolute atomic E-state index is 11.9. The van der Waals surface area contributed by atoms with E-state index in [9.17, 15) is 9.59 Å². The molecule has 0 spiro atoms. The summed E-state index contributed by atoms with van der Waals surface area (Å²) in [6.45, 7) is 1.86. The molecule has 0 saturated carbocycles. The van der Waals surface area contributed by atoms with Crippen molar-refractivity contribution >= 4 is 46.2 Å². The highest BCUT2D eigenvalue weighted by Gasteiger charge is 2.13. The van der Waals surface area contributed by atoms with Crippen LogP contribution in [0.2, 0.25) is 10.0 Å². The predicted molar refractivity (Wildman–Crippen MR) is 90.9 cm³/mol. The third-order valence-electron chi connectivity index (χ3n) is 3.20. The van der Waals surface area contributed by atoms with Crippen LogP contribution in [0, 0.1) is 0 Å². The van der Waals surface area contributed by atoms with Crippen LogP contribution in [0.25, 0.3) is 0 Å². The van der Waals surface area contributed by atoms with E-state index in [0.29, 0.717) is 14.9 Å². The van der Waals surface area contributed by atoms with Gasteiger partial charge in [-0.2, -0.15) is 0 Å². The number of hydrogen-bond acceptors (Lipinski definition) is 3. The van der Waals surface area contributed by atoms with Gasteiger partial charge in [0.15, 0.2) is 5.78 Å². The molecule has 0 aliphatic rings. The van der Waals surface area contributed by atoms with Gasteiger partial charge in [-0.25, -0.2) is 0 Å². The zero-order chi connectivity index (χ0) is 16.1. The van der Waals surface area contributed by atoms with Crippen LogP contribution < -0.4 is 5.32 Å². The van der Waals surface area contributed by atoms with E-state index >= 15 is 0 Å². The minimum Gasteiger partial charge on any atom is -0.350 e. The van der Waals surface area contributed by atoms with Gasteiger partial charge >= 0.3 is 0 Å². The molecular formula is C16H15Cl2NO2S. The summed E-state index contributed by atoms with van der Waals surface area (Å²) < 4.78 is 0. The van der Waals surface area contributed by atoms with Gasteiger partial charge < -0.3 is 5.32 Å². The maximum atomic E-state index is 11.9. The molecule has 0 bridgehead atoms. The number of benzene rings is 1. The van der Waals surface area contributed by atoms with Gasteiger partial charge in [-0.1, -0.05) is 35.3 Å². The van der Waals surface area contributed by atoms with Gasteiger partial charge in [-0.05, 0) is 36.1 Å². The van der Waals surface area contributed by atoms with E-state index in [0.717, 1.165) is 5.56 Å². The minimum atomic E-state index is -0.195. The highest BCUT2D eigenvalue weighted by molar-refractivity contribution is 7.12. The van der Waals surface area contributed by atoms with Crippen molar-refractivity contribution in [3.05, 3.63) is 56.2 Å². The fourth-order valence-corrected chi connectivity index (χ4v) is 2.97. The van der Waals surface area contributed by atoms with Crippen molar-refractivity contribution in [3.63, 3.8) is 0 Å². The third-order valence-corrected chi connectivity index (χ3v) is 4.85. The van der Waals surface area contributed by atoms with Crippen molar-refractivity contribution in [1.82, 2.24) is 5.32 Å². The van der Waals surface area contributed by atoms with Gasteiger partial charge in [0.1, 0.15) is 0 Å². The van der Waals surface area contributed by atoms with Gasteiger partial charge in [0.25, 0.3) is 0 Å². The van der Waals surface area contributed by atoms with Gasteiger partial charge in [0, 0.05) is 12.8 Å². The fraction of sp³-hybridized carbons (Fsp3) is 0.250. The lowest BCUT2D eigenvalue weighted by Crippen LogP contribution is -2.26. The molecule has 1 unspecified atom stereocenters. The lowest BCUT2D eigenvalue weighted by molar-refractivity contribution is -0.121. The van der Waals surface area contributed by atoms with Crippen molar-refractivity contribution < 1.29 is 9.59 Å². The van der Waals surface area contributed by atoms with Crippen LogP contribution in [-0.4, -0.2) is 11.7 Å². The number of carbonyl (C=O) groups is 2. The molecule has 1 aromatic carbocycles. The second-order valence-electron chi connectivity index (χ2n) is 4.86. The van der Waals surface area contributed by atoms with E-state index in [-0.39, 0.29) is 30.6 Å². The molecule has 2 rings (SSSR count). The molecule has 1 N–H and O–H groups in total. The van der Waals surface area contributed by atoms with Crippen LogP contribution in [0.5, 0.6) is 0 Å². The van der Waals surface area contributed by atoms with E-state index in [1.165, 1.54) is 11.3 Å². The molecule has 0 aliphatic carbocycles. The molecule has 6 heteroatoms. The molecule has 1 amide bonds. The number of ketones is 1. The van der Waals surface area contributed by atoms with E-state index < -0.39 is 0 Å². The van der Waals surface area contributed by atoms with Crippen molar-refractivity contribution in [2.45, 2.75) is 25.8 Å². The standard InChI is InChI=1S/C16H15Cl2NO2S/c1-10(11-4-5-12(17)13(18)9-11)19-16(21)7-6-14(20)15-3-2-8-22-15/h2-5,8-10H,6-7H2,1H3,(H,19,21). The number of thiophene rings is 1. The Morgan fingerprint density at radius 2 is 1.95 bits per heavy atom. The summed E-state index contributed by atoms with van der Waals surface area (Å²) in [6.07, 6.45) is 0.378. The van der Waals surface area contributed by atoms with Crippen LogP contribution >= 0.6 is 34.5 Å². The Morgan fingerprint density at radius 3 is 2.59 bits per heavy atom. The first-order valence-electron chi connectivity index (χ1n) is 6.78. The summed E-state index contributed by atoms with van der Waals surface area (Å²) in [6, 6.07) is 8.64. The SMILES string of the molecule is CC(NC(=O)CCC(=O)c1cccs1)c1ccc(Cl)c(Cl)c1. The normalized spacial score (nSPS) is 12.0. The number of nitrogens with one attached hydrogen (secondary N) is 1. The molecule has 1 heterocycles. The third kappa shape index (κ3) is 4.57. The maximum Gasteiger partial charge on any atom is 0.220 e. The first-order valence-corrected chi connectivity index (χ1v) is 8.42. The molecular weight excluding hydrogens is 341 g/mol. The van der Waals surface area contributed by atoms with Crippen LogP contribution in [0.4, 0.5) is 0 Å². The number of amides is 1. The number of halogens is 2. The minimum absolute atomic E-state index is 0.00709. The molecule has 116 valence electrons. The Kier molecular flexibility index (Phi) is 6.00. The lowest BCUT2D eigenvalue weighted by atomic mass is 10.1. The molecule has 3 nitrogen and oxygen atoms in total. The van der Waals surface area contributed by atoms with Gasteiger partial charge in [-0.15, -0.1) is 11.3 Å². The second kappa shape index (κ2) is 7.77. The van der Waals surface area contributed by atoms with Crippen LogP contribution in [0.15, 0.2) is 35.7 Å². The van der Waals surface area contributed by atoms with Crippen molar-refractivity contribution in [2.24, 2.45) is 0 Å². The van der Waals surface area contributed by atoms with Gasteiger partial charge in [0.2, 0.25) is 5.91 Å². The monoisotopic (exact) mass is 355 g/mol. The molecule has 0 saturated heterocycles. The molecule has 1 aromatic heterocycles. The number of carbonyl (C=O) groups excluding carboxylic acids is 2.